The van der Waals surface area contributed by atoms with Crippen molar-refractivity contribution in [2.75, 3.05) is 6.61 Å². The molecule has 0 aromatic heterocycles. The van der Waals surface area contributed by atoms with E-state index in [4.69, 9.17) is 4.74 Å². The van der Waals surface area contributed by atoms with E-state index in [-0.39, 0.29) is 12.5 Å². The Morgan fingerprint density at radius 2 is 2.09 bits per heavy atom. The van der Waals surface area contributed by atoms with Gasteiger partial charge in [0.25, 0.3) is 5.91 Å². The Hall–Kier alpha value is -1.36. The summed E-state index contributed by atoms with van der Waals surface area (Å²) in [6.07, 6.45) is 5.35. The molecule has 4 nitrogen and oxygen atoms in total. The fourth-order valence-corrected chi connectivity index (χ4v) is 2.44. The number of amides is 1. The first-order chi connectivity index (χ1) is 10.6. The Morgan fingerprint density at radius 1 is 1.32 bits per heavy atom. The number of hydrogen-bond acceptors (Lipinski definition) is 3. The van der Waals surface area contributed by atoms with E-state index in [1.54, 1.807) is 0 Å². The number of carbonyl (C=O) groups is 1. The lowest BCUT2D eigenvalue weighted by Crippen LogP contribution is -2.25. The molecule has 1 aromatic carbocycles. The van der Waals surface area contributed by atoms with E-state index in [9.17, 15) is 4.79 Å². The van der Waals surface area contributed by atoms with Crippen LogP contribution >= 0.6 is 15.9 Å². The van der Waals surface area contributed by atoms with Crippen LogP contribution in [-0.4, -0.2) is 18.2 Å². The number of nitrogens with zero attached hydrogens (tertiary/aromatic N) is 1. The normalized spacial score (nSPS) is 11.4. The van der Waals surface area contributed by atoms with Crippen LogP contribution in [0.4, 0.5) is 0 Å². The Bertz CT molecular complexity index is 515. The summed E-state index contributed by atoms with van der Waals surface area (Å²) in [5, 5.41) is 4.08. The summed E-state index contributed by atoms with van der Waals surface area (Å²) in [7, 11) is 0. The second-order valence-corrected chi connectivity index (χ2v) is 6.10. The standard InChI is InChI=1S/C17H25BrN2O2/c1-4-6-7-8-13(3)19-20-17(21)12-22-16-10-9-14(5-2)11-15(16)18/h9-11H,4-8,12H2,1-3H3,(H,20,21)/b19-13+. The fraction of sp³-hybridized carbons (Fsp3) is 0.529. The first-order valence-electron chi connectivity index (χ1n) is 7.80. The third-order valence-corrected chi connectivity index (χ3v) is 3.90. The first-order valence-corrected chi connectivity index (χ1v) is 8.59. The molecule has 1 aromatic rings. The first kappa shape index (κ1) is 18.7. The smallest absolute Gasteiger partial charge is 0.277 e. The van der Waals surface area contributed by atoms with Crippen molar-refractivity contribution in [3.05, 3.63) is 28.2 Å². The van der Waals surface area contributed by atoms with Gasteiger partial charge >= 0.3 is 0 Å². The molecule has 0 bridgehead atoms. The Morgan fingerprint density at radius 3 is 2.73 bits per heavy atom. The van der Waals surface area contributed by atoms with Crippen molar-refractivity contribution in [3.8, 4) is 5.75 Å². The second-order valence-electron chi connectivity index (χ2n) is 5.25. The lowest BCUT2D eigenvalue weighted by Gasteiger charge is -2.08. The summed E-state index contributed by atoms with van der Waals surface area (Å²) in [6.45, 7) is 6.14. The van der Waals surface area contributed by atoms with Crippen LogP contribution in [-0.2, 0) is 11.2 Å². The zero-order valence-corrected chi connectivity index (χ0v) is 15.2. The number of halogens is 1. The molecule has 5 heteroatoms. The molecule has 0 heterocycles. The molecule has 1 N–H and O–H groups in total. The van der Waals surface area contributed by atoms with Crippen LogP contribution in [0.5, 0.6) is 5.75 Å². The molecule has 0 aliphatic carbocycles. The van der Waals surface area contributed by atoms with Crippen molar-refractivity contribution >= 4 is 27.5 Å². The van der Waals surface area contributed by atoms with E-state index in [0.717, 1.165) is 29.4 Å². The summed E-state index contributed by atoms with van der Waals surface area (Å²) in [5.41, 5.74) is 4.69. The Balaban J connectivity index is 2.38. The lowest BCUT2D eigenvalue weighted by molar-refractivity contribution is -0.123. The van der Waals surface area contributed by atoms with Gasteiger partial charge in [-0.25, -0.2) is 5.43 Å². The molecule has 22 heavy (non-hydrogen) atoms. The molecule has 1 amide bonds. The minimum absolute atomic E-state index is 0.0458. The van der Waals surface area contributed by atoms with E-state index in [1.807, 2.05) is 25.1 Å². The molecule has 0 saturated carbocycles. The zero-order valence-electron chi connectivity index (χ0n) is 13.6. The van der Waals surface area contributed by atoms with Crippen LogP contribution in [0, 0.1) is 0 Å². The quantitative estimate of drug-likeness (QED) is 0.397. The van der Waals surface area contributed by atoms with E-state index in [1.165, 1.54) is 18.4 Å². The third-order valence-electron chi connectivity index (χ3n) is 3.28. The molecule has 1 rings (SSSR count). The average molecular weight is 369 g/mol. The van der Waals surface area contributed by atoms with Gasteiger partial charge in [0.05, 0.1) is 4.47 Å². The predicted molar refractivity (Wildman–Crippen MR) is 94.4 cm³/mol. The van der Waals surface area contributed by atoms with Gasteiger partial charge in [-0.3, -0.25) is 4.79 Å². The highest BCUT2D eigenvalue weighted by Gasteiger charge is 2.06. The van der Waals surface area contributed by atoms with Gasteiger partial charge < -0.3 is 4.74 Å². The summed E-state index contributed by atoms with van der Waals surface area (Å²) in [4.78, 5) is 11.7. The molecule has 0 aliphatic rings. The molecule has 0 fully saturated rings. The molecule has 0 aliphatic heterocycles. The number of ether oxygens (including phenoxy) is 1. The van der Waals surface area contributed by atoms with Crippen molar-refractivity contribution in [3.63, 3.8) is 0 Å². The summed E-state index contributed by atoms with van der Waals surface area (Å²) < 4.78 is 6.36. The number of hydrazone groups is 1. The van der Waals surface area contributed by atoms with E-state index in [0.29, 0.717) is 5.75 Å². The van der Waals surface area contributed by atoms with Gasteiger partial charge in [-0.2, -0.15) is 5.10 Å². The maximum atomic E-state index is 11.7. The molecule has 0 radical (unpaired) electrons. The number of benzene rings is 1. The summed E-state index contributed by atoms with van der Waals surface area (Å²) in [5.74, 6) is 0.414. The number of rotatable bonds is 9. The molecule has 0 spiro atoms. The maximum absolute atomic E-state index is 11.7. The van der Waals surface area contributed by atoms with Crippen molar-refractivity contribution in [2.24, 2.45) is 5.10 Å². The monoisotopic (exact) mass is 368 g/mol. The summed E-state index contributed by atoms with van der Waals surface area (Å²) >= 11 is 3.45. The topological polar surface area (TPSA) is 50.7 Å². The Kier molecular flexibility index (Phi) is 8.82. The number of carbonyl (C=O) groups excluding carboxylic acids is 1. The Labute approximate surface area is 141 Å². The lowest BCUT2D eigenvalue weighted by atomic mass is 10.1. The van der Waals surface area contributed by atoms with E-state index in [2.05, 4.69) is 40.3 Å². The van der Waals surface area contributed by atoms with Gasteiger partial charge in [-0.05, 0) is 59.8 Å². The van der Waals surface area contributed by atoms with Gasteiger partial charge in [0.1, 0.15) is 5.75 Å². The van der Waals surface area contributed by atoms with Crippen LogP contribution in [0.15, 0.2) is 27.8 Å². The summed E-state index contributed by atoms with van der Waals surface area (Å²) in [6, 6.07) is 5.87. The van der Waals surface area contributed by atoms with Gasteiger partial charge in [-0.1, -0.05) is 32.8 Å². The zero-order chi connectivity index (χ0) is 16.4. The highest BCUT2D eigenvalue weighted by Crippen LogP contribution is 2.26. The van der Waals surface area contributed by atoms with Crippen LogP contribution in [0.3, 0.4) is 0 Å². The number of unbranched alkanes of at least 4 members (excludes halogenated alkanes) is 2. The van der Waals surface area contributed by atoms with Crippen molar-refractivity contribution < 1.29 is 9.53 Å². The van der Waals surface area contributed by atoms with Gasteiger partial charge in [0, 0.05) is 5.71 Å². The molecule has 0 unspecified atom stereocenters. The predicted octanol–water partition coefficient (Wildman–Crippen LogP) is 4.46. The molecule has 0 atom stereocenters. The van der Waals surface area contributed by atoms with Crippen LogP contribution in [0.25, 0.3) is 0 Å². The van der Waals surface area contributed by atoms with Gasteiger partial charge in [-0.15, -0.1) is 0 Å². The minimum Gasteiger partial charge on any atom is -0.483 e. The highest BCUT2D eigenvalue weighted by molar-refractivity contribution is 9.10. The molecule has 122 valence electrons. The van der Waals surface area contributed by atoms with Crippen molar-refractivity contribution in [1.29, 1.82) is 0 Å². The SMILES string of the molecule is CCCCC/C(C)=N/NC(=O)COc1ccc(CC)cc1Br. The van der Waals surface area contributed by atoms with Gasteiger partial charge in [0.15, 0.2) is 6.61 Å². The molecular weight excluding hydrogens is 344 g/mol. The molecular formula is C17H25BrN2O2. The van der Waals surface area contributed by atoms with Crippen molar-refractivity contribution in [2.45, 2.75) is 52.9 Å². The molecule has 0 saturated heterocycles. The number of hydrogen-bond donors (Lipinski definition) is 1. The van der Waals surface area contributed by atoms with E-state index >= 15 is 0 Å². The van der Waals surface area contributed by atoms with E-state index < -0.39 is 0 Å². The maximum Gasteiger partial charge on any atom is 0.277 e. The number of nitrogens with one attached hydrogen (secondary N) is 1. The largest absolute Gasteiger partial charge is 0.483 e. The van der Waals surface area contributed by atoms with Crippen LogP contribution < -0.4 is 10.2 Å². The van der Waals surface area contributed by atoms with Gasteiger partial charge in [0.2, 0.25) is 0 Å². The fourth-order valence-electron chi connectivity index (χ4n) is 1.90. The second kappa shape index (κ2) is 10.4. The van der Waals surface area contributed by atoms with Crippen molar-refractivity contribution in [1.82, 2.24) is 5.43 Å². The highest BCUT2D eigenvalue weighted by atomic mass is 79.9. The number of aryl methyl sites for hydroxylation is 1. The van der Waals surface area contributed by atoms with Crippen LogP contribution in [0.1, 0.15) is 52.0 Å². The third kappa shape index (κ3) is 7.07. The average Bonchev–Trinajstić information content (AvgIpc) is 2.51. The van der Waals surface area contributed by atoms with Crippen LogP contribution in [0.2, 0.25) is 0 Å². The minimum atomic E-state index is -0.249.